The maximum absolute atomic E-state index is 10.7. The maximum atomic E-state index is 10.7. The van der Waals surface area contributed by atoms with Gasteiger partial charge in [0.1, 0.15) is 0 Å². The molecule has 0 aliphatic heterocycles. The van der Waals surface area contributed by atoms with Crippen LogP contribution in [0.1, 0.15) is 0 Å². The van der Waals surface area contributed by atoms with E-state index in [0.717, 1.165) is 4.90 Å². The van der Waals surface area contributed by atoms with Crippen LogP contribution in [-0.2, 0) is 0 Å². The molecule has 0 heterocycles. The molecule has 0 aliphatic rings. The Kier molecular flexibility index (Phi) is 5.02. The molecule has 1 nitrogen and oxygen atoms in total. The fourth-order valence-electron chi connectivity index (χ4n) is 0.428. The predicted molar refractivity (Wildman–Crippen MR) is 46.9 cm³/mol. The fraction of sp³-hybridized carbons (Fsp3) is 0.250. The number of thiol groups is 1. The molecule has 0 aromatic heterocycles. The number of alkyl halides is 5. The summed E-state index contributed by atoms with van der Waals surface area (Å²) in [5, 5.41) is 6.90. The second-order valence-electron chi connectivity index (χ2n) is 2.37. The highest BCUT2D eigenvalue weighted by Gasteiger charge is 2.56. The van der Waals surface area contributed by atoms with Crippen molar-refractivity contribution in [2.24, 2.45) is 0 Å². The van der Waals surface area contributed by atoms with Crippen molar-refractivity contribution in [2.75, 3.05) is 0 Å². The van der Waals surface area contributed by atoms with Crippen LogP contribution in [0.25, 0.3) is 0 Å². The third kappa shape index (κ3) is 6.29. The zero-order valence-electron chi connectivity index (χ0n) is 7.17. The Labute approximate surface area is 87.9 Å². The Morgan fingerprint density at radius 3 is 1.40 bits per heavy atom. The summed E-state index contributed by atoms with van der Waals surface area (Å²) < 4.78 is 53.0. The van der Waals surface area contributed by atoms with Crippen LogP contribution >= 0.6 is 12.6 Å². The molecule has 0 saturated carbocycles. The summed E-state index contributed by atoms with van der Waals surface area (Å²) in [5.74, 6) is 0. The van der Waals surface area contributed by atoms with Gasteiger partial charge in [-0.2, -0.15) is 22.0 Å². The molecule has 0 bridgehead atoms. The van der Waals surface area contributed by atoms with Gasteiger partial charge >= 0.3 is 12.3 Å². The summed E-state index contributed by atoms with van der Waals surface area (Å²) in [6, 6.07) is 9.79. The first-order valence-corrected chi connectivity index (χ1v) is 4.00. The van der Waals surface area contributed by atoms with Crippen LogP contribution in [0.2, 0.25) is 0 Å². The van der Waals surface area contributed by atoms with Gasteiger partial charge in [0, 0.05) is 4.90 Å². The lowest BCUT2D eigenvalue weighted by Crippen LogP contribution is -2.35. The van der Waals surface area contributed by atoms with Crippen LogP contribution in [0.5, 0.6) is 0 Å². The van der Waals surface area contributed by atoms with Gasteiger partial charge < -0.3 is 5.11 Å². The Morgan fingerprint density at radius 1 is 0.933 bits per heavy atom. The molecule has 86 valence electrons. The van der Waals surface area contributed by atoms with E-state index in [1.54, 1.807) is 0 Å². The molecule has 1 aromatic carbocycles. The fourth-order valence-corrected chi connectivity index (χ4v) is 0.600. The SMILES string of the molecule is OC(F)(F)C(F)(F)F.Sc1ccccc1. The Hall–Kier alpha value is -0.820. The predicted octanol–water partition coefficient (Wildman–Crippen LogP) is 3.11. The number of benzene rings is 1. The van der Waals surface area contributed by atoms with Gasteiger partial charge in [-0.05, 0) is 12.1 Å². The molecule has 1 N–H and O–H groups in total. The number of hydrogen-bond donors (Lipinski definition) is 2. The molecule has 0 radical (unpaired) electrons. The average Bonchev–Trinajstić information content (AvgIpc) is 2.02. The van der Waals surface area contributed by atoms with E-state index in [1.807, 2.05) is 30.3 Å². The Morgan fingerprint density at radius 2 is 1.27 bits per heavy atom. The first kappa shape index (κ1) is 14.2. The van der Waals surface area contributed by atoms with Crippen molar-refractivity contribution < 1.29 is 27.1 Å². The van der Waals surface area contributed by atoms with Gasteiger partial charge in [-0.1, -0.05) is 18.2 Å². The second-order valence-corrected chi connectivity index (χ2v) is 2.89. The van der Waals surface area contributed by atoms with Crippen LogP contribution in [-0.4, -0.2) is 17.4 Å². The van der Waals surface area contributed by atoms with E-state index in [-0.39, 0.29) is 0 Å². The monoisotopic (exact) mass is 246 g/mol. The summed E-state index contributed by atoms with van der Waals surface area (Å²) in [7, 11) is 0. The molecule has 0 aliphatic carbocycles. The van der Waals surface area contributed by atoms with Crippen molar-refractivity contribution in [2.45, 2.75) is 17.2 Å². The number of hydrogen-bond acceptors (Lipinski definition) is 2. The molecular weight excluding hydrogens is 239 g/mol. The third-order valence-electron chi connectivity index (χ3n) is 1.10. The third-order valence-corrected chi connectivity index (χ3v) is 1.40. The van der Waals surface area contributed by atoms with Crippen LogP contribution in [0.15, 0.2) is 35.2 Å². The highest BCUT2D eigenvalue weighted by atomic mass is 32.1. The average molecular weight is 246 g/mol. The normalized spacial score (nSPS) is 11.7. The van der Waals surface area contributed by atoms with Crippen molar-refractivity contribution in [3.63, 3.8) is 0 Å². The minimum Gasteiger partial charge on any atom is -0.329 e. The highest BCUT2D eigenvalue weighted by molar-refractivity contribution is 7.80. The lowest BCUT2D eigenvalue weighted by molar-refractivity contribution is -0.374. The van der Waals surface area contributed by atoms with Gasteiger partial charge in [-0.15, -0.1) is 12.6 Å². The molecule has 0 saturated heterocycles. The van der Waals surface area contributed by atoms with E-state index in [1.165, 1.54) is 0 Å². The topological polar surface area (TPSA) is 20.2 Å². The molecule has 15 heavy (non-hydrogen) atoms. The van der Waals surface area contributed by atoms with Gasteiger partial charge in [0.05, 0.1) is 0 Å². The lowest BCUT2D eigenvalue weighted by atomic mass is 10.4. The summed E-state index contributed by atoms with van der Waals surface area (Å²) in [6.07, 6.45) is -11.4. The minimum absolute atomic E-state index is 1.02. The molecule has 0 spiro atoms. The first-order valence-electron chi connectivity index (χ1n) is 3.55. The zero-order chi connectivity index (χ0) is 12.1. The molecule has 0 unspecified atom stereocenters. The molecule has 0 amide bonds. The number of rotatable bonds is 0. The van der Waals surface area contributed by atoms with Crippen LogP contribution in [0.3, 0.4) is 0 Å². The Balaban J connectivity index is 0.000000262. The summed E-state index contributed by atoms with van der Waals surface area (Å²) >= 11 is 4.08. The van der Waals surface area contributed by atoms with Gasteiger partial charge in [-0.3, -0.25) is 0 Å². The minimum atomic E-state index is -5.84. The number of aliphatic hydroxyl groups is 1. The molecule has 7 heteroatoms. The molecule has 0 atom stereocenters. The molecule has 1 aromatic rings. The van der Waals surface area contributed by atoms with E-state index in [0.29, 0.717) is 0 Å². The van der Waals surface area contributed by atoms with Crippen molar-refractivity contribution in [3.8, 4) is 0 Å². The van der Waals surface area contributed by atoms with E-state index < -0.39 is 12.3 Å². The standard InChI is InChI=1S/C6H6S.C2HF5O/c7-6-4-2-1-3-5-6;3-1(4,5)2(6,7)8/h1-5,7H;8H. The van der Waals surface area contributed by atoms with Crippen LogP contribution in [0, 0.1) is 0 Å². The van der Waals surface area contributed by atoms with Crippen molar-refractivity contribution in [1.29, 1.82) is 0 Å². The molecular formula is C8H7F5OS. The van der Waals surface area contributed by atoms with Gasteiger partial charge in [-0.25, -0.2) is 0 Å². The smallest absolute Gasteiger partial charge is 0.329 e. The zero-order valence-corrected chi connectivity index (χ0v) is 8.07. The summed E-state index contributed by atoms with van der Waals surface area (Å²) in [6.45, 7) is 0. The summed E-state index contributed by atoms with van der Waals surface area (Å²) in [5.41, 5.74) is 0. The Bertz CT molecular complexity index is 267. The molecule has 0 fully saturated rings. The lowest BCUT2D eigenvalue weighted by Gasteiger charge is -2.10. The highest BCUT2D eigenvalue weighted by Crippen LogP contribution is 2.32. The first-order chi connectivity index (χ1) is 6.64. The van der Waals surface area contributed by atoms with Crippen LogP contribution < -0.4 is 0 Å². The van der Waals surface area contributed by atoms with Gasteiger partial charge in [0.15, 0.2) is 0 Å². The second kappa shape index (κ2) is 5.32. The quantitative estimate of drug-likeness (QED) is 0.532. The van der Waals surface area contributed by atoms with Crippen molar-refractivity contribution in [3.05, 3.63) is 30.3 Å². The largest absolute Gasteiger partial charge is 0.482 e. The number of halogens is 5. The summed E-state index contributed by atoms with van der Waals surface area (Å²) in [4.78, 5) is 1.02. The maximum Gasteiger partial charge on any atom is 0.482 e. The van der Waals surface area contributed by atoms with E-state index in [9.17, 15) is 22.0 Å². The van der Waals surface area contributed by atoms with Crippen molar-refractivity contribution in [1.82, 2.24) is 0 Å². The van der Waals surface area contributed by atoms with E-state index >= 15 is 0 Å². The van der Waals surface area contributed by atoms with E-state index in [2.05, 4.69) is 12.6 Å². The molecule has 1 rings (SSSR count). The van der Waals surface area contributed by atoms with Crippen LogP contribution in [0.4, 0.5) is 22.0 Å². The van der Waals surface area contributed by atoms with Crippen molar-refractivity contribution >= 4 is 12.6 Å². The van der Waals surface area contributed by atoms with E-state index in [4.69, 9.17) is 5.11 Å². The van der Waals surface area contributed by atoms with Gasteiger partial charge in [0.25, 0.3) is 0 Å². The van der Waals surface area contributed by atoms with Gasteiger partial charge in [0.2, 0.25) is 0 Å².